The minimum atomic E-state index is -0.584. The highest BCUT2D eigenvalue weighted by molar-refractivity contribution is 5.90. The number of aromatic nitrogens is 2. The van der Waals surface area contributed by atoms with Crippen LogP contribution in [0.3, 0.4) is 0 Å². The Labute approximate surface area is 51.7 Å². The molecule has 0 aliphatic rings. The lowest BCUT2D eigenvalue weighted by Gasteiger charge is -1.87. The predicted molar refractivity (Wildman–Crippen MR) is 29.4 cm³/mol. The first-order valence-corrected chi connectivity index (χ1v) is 2.28. The molecule has 0 aliphatic heterocycles. The van der Waals surface area contributed by atoms with Crippen molar-refractivity contribution in [2.24, 2.45) is 5.73 Å². The molecule has 4 heteroatoms. The number of nitrogens with two attached hydrogens (primary N) is 1. The number of nitrogens with zero attached hydrogens (tertiary/aromatic N) is 2. The zero-order valence-electron chi connectivity index (χ0n) is 4.53. The van der Waals surface area contributed by atoms with Crippen LogP contribution in [0.25, 0.3) is 0 Å². The molecule has 1 heterocycles. The summed E-state index contributed by atoms with van der Waals surface area (Å²) in [5.74, 6) is -0.584. The van der Waals surface area contributed by atoms with Gasteiger partial charge in [0.05, 0.1) is 12.4 Å². The molecule has 0 unspecified atom stereocenters. The molecule has 0 saturated heterocycles. The molecule has 0 bridgehead atoms. The second-order valence-corrected chi connectivity index (χ2v) is 1.40. The molecule has 0 fully saturated rings. The molecule has 1 aromatic heterocycles. The average molecular weight is 122 g/mol. The first-order chi connectivity index (χ1) is 4.30. The van der Waals surface area contributed by atoms with Gasteiger partial charge in [-0.05, 0) is 0 Å². The Morgan fingerprint density at radius 3 is 2.89 bits per heavy atom. The van der Waals surface area contributed by atoms with Crippen molar-refractivity contribution < 1.29 is 4.79 Å². The maximum atomic E-state index is 10.3. The van der Waals surface area contributed by atoms with Gasteiger partial charge in [-0.3, -0.25) is 9.78 Å². The number of rotatable bonds is 1. The van der Waals surface area contributed by atoms with Crippen molar-refractivity contribution in [2.75, 3.05) is 0 Å². The fraction of sp³-hybridized carbons (Fsp3) is 0. The van der Waals surface area contributed by atoms with Gasteiger partial charge in [0.2, 0.25) is 0 Å². The zero-order valence-corrected chi connectivity index (χ0v) is 4.53. The molecular weight excluding hydrogens is 118 g/mol. The van der Waals surface area contributed by atoms with Crippen molar-refractivity contribution in [3.05, 3.63) is 24.3 Å². The molecular formula is C5H4N3O. The Morgan fingerprint density at radius 1 is 1.78 bits per heavy atom. The Balaban J connectivity index is 2.98. The normalized spacial score (nSPS) is 8.89. The summed E-state index contributed by atoms with van der Waals surface area (Å²) in [6.45, 7) is 0. The molecule has 0 aliphatic carbocycles. The maximum Gasteiger partial charge on any atom is 0.268 e. The summed E-state index contributed by atoms with van der Waals surface area (Å²) >= 11 is 0. The average Bonchev–Trinajstić information content (AvgIpc) is 1.90. The van der Waals surface area contributed by atoms with Crippen molar-refractivity contribution in [1.29, 1.82) is 0 Å². The molecule has 1 amide bonds. The minimum absolute atomic E-state index is 0.137. The number of carbonyl (C=O) groups excluding carboxylic acids is 1. The van der Waals surface area contributed by atoms with Crippen molar-refractivity contribution >= 4 is 5.91 Å². The molecule has 9 heavy (non-hydrogen) atoms. The van der Waals surface area contributed by atoms with E-state index in [0.717, 1.165) is 0 Å². The molecule has 1 radical (unpaired) electrons. The second-order valence-electron chi connectivity index (χ2n) is 1.40. The minimum Gasteiger partial charge on any atom is -0.364 e. The molecule has 0 saturated carbocycles. The van der Waals surface area contributed by atoms with Crippen molar-refractivity contribution in [3.63, 3.8) is 0 Å². The van der Waals surface area contributed by atoms with Crippen LogP contribution in [0.15, 0.2) is 12.4 Å². The van der Waals surface area contributed by atoms with Gasteiger partial charge in [-0.1, -0.05) is 0 Å². The molecule has 45 valence electrons. The van der Waals surface area contributed by atoms with E-state index in [1.807, 2.05) is 0 Å². The lowest BCUT2D eigenvalue weighted by molar-refractivity contribution is 0.0995. The Morgan fingerprint density at radius 2 is 2.56 bits per heavy atom. The summed E-state index contributed by atoms with van der Waals surface area (Å²) in [5.41, 5.74) is 4.99. The van der Waals surface area contributed by atoms with Gasteiger partial charge < -0.3 is 5.73 Å². The third-order valence-electron chi connectivity index (χ3n) is 0.767. The first-order valence-electron chi connectivity index (χ1n) is 2.28. The van der Waals surface area contributed by atoms with Crippen molar-refractivity contribution in [2.45, 2.75) is 0 Å². The van der Waals surface area contributed by atoms with Crippen LogP contribution in [0.5, 0.6) is 0 Å². The predicted octanol–water partition coefficient (Wildman–Crippen LogP) is -0.624. The van der Waals surface area contributed by atoms with Crippen LogP contribution in [0.4, 0.5) is 0 Å². The van der Waals surface area contributed by atoms with E-state index in [1.54, 1.807) is 0 Å². The number of hydrogen-bond acceptors (Lipinski definition) is 3. The monoisotopic (exact) mass is 122 g/mol. The fourth-order valence-corrected chi connectivity index (χ4v) is 0.387. The summed E-state index contributed by atoms with van der Waals surface area (Å²) in [6.07, 6.45) is 5.02. The van der Waals surface area contributed by atoms with E-state index in [-0.39, 0.29) is 5.69 Å². The lowest BCUT2D eigenvalue weighted by atomic mass is 10.4. The lowest BCUT2D eigenvalue weighted by Crippen LogP contribution is -2.12. The highest BCUT2D eigenvalue weighted by Crippen LogP contribution is 1.84. The van der Waals surface area contributed by atoms with Gasteiger partial charge in [0, 0.05) is 0 Å². The van der Waals surface area contributed by atoms with E-state index in [2.05, 4.69) is 16.2 Å². The van der Waals surface area contributed by atoms with E-state index in [1.165, 1.54) is 12.4 Å². The Kier molecular flexibility index (Phi) is 1.40. The van der Waals surface area contributed by atoms with Gasteiger partial charge in [-0.2, -0.15) is 0 Å². The van der Waals surface area contributed by atoms with E-state index < -0.39 is 5.91 Å². The van der Waals surface area contributed by atoms with Crippen LogP contribution >= 0.6 is 0 Å². The van der Waals surface area contributed by atoms with Gasteiger partial charge in [0.1, 0.15) is 11.9 Å². The van der Waals surface area contributed by atoms with Gasteiger partial charge in [0.25, 0.3) is 5.91 Å². The maximum absolute atomic E-state index is 10.3. The van der Waals surface area contributed by atoms with Crippen LogP contribution < -0.4 is 5.73 Å². The third kappa shape index (κ3) is 1.22. The summed E-state index contributed by atoms with van der Waals surface area (Å²) in [6, 6.07) is 0. The fourth-order valence-electron chi connectivity index (χ4n) is 0.387. The first kappa shape index (κ1) is 5.68. The summed E-state index contributed by atoms with van der Waals surface area (Å²) < 4.78 is 0. The largest absolute Gasteiger partial charge is 0.364 e. The van der Waals surface area contributed by atoms with Gasteiger partial charge in [-0.25, -0.2) is 4.98 Å². The van der Waals surface area contributed by atoms with E-state index in [9.17, 15) is 4.79 Å². The highest BCUT2D eigenvalue weighted by Gasteiger charge is 1.97. The molecule has 2 N–H and O–H groups in total. The highest BCUT2D eigenvalue weighted by atomic mass is 16.1. The standard InChI is InChI=1S/C5H4N3O/c6-5(9)4-3-7-1-2-8-4/h1,3H,(H2,6,9). The molecule has 4 nitrogen and oxygen atoms in total. The molecule has 1 aromatic rings. The topological polar surface area (TPSA) is 68.9 Å². The van der Waals surface area contributed by atoms with Gasteiger partial charge in [-0.15, -0.1) is 0 Å². The third-order valence-corrected chi connectivity index (χ3v) is 0.767. The van der Waals surface area contributed by atoms with Crippen molar-refractivity contribution in [1.82, 2.24) is 9.97 Å². The van der Waals surface area contributed by atoms with E-state index >= 15 is 0 Å². The smallest absolute Gasteiger partial charge is 0.268 e. The summed E-state index contributed by atoms with van der Waals surface area (Å²) in [4.78, 5) is 17.4. The van der Waals surface area contributed by atoms with E-state index in [0.29, 0.717) is 0 Å². The molecule has 0 aromatic carbocycles. The quantitative estimate of drug-likeness (QED) is 0.539. The number of primary amides is 1. The Hall–Kier alpha value is -1.45. The SMILES string of the molecule is NC(=O)c1cnc[c]n1. The number of amides is 1. The van der Waals surface area contributed by atoms with Gasteiger partial charge >= 0.3 is 0 Å². The number of hydrogen-bond donors (Lipinski definition) is 1. The van der Waals surface area contributed by atoms with Crippen LogP contribution in [0.1, 0.15) is 10.5 Å². The Bertz CT molecular complexity index is 209. The van der Waals surface area contributed by atoms with Crippen LogP contribution in [-0.2, 0) is 0 Å². The van der Waals surface area contributed by atoms with Crippen LogP contribution in [0.2, 0.25) is 0 Å². The zero-order chi connectivity index (χ0) is 6.69. The van der Waals surface area contributed by atoms with Crippen molar-refractivity contribution in [3.8, 4) is 0 Å². The molecule has 0 spiro atoms. The van der Waals surface area contributed by atoms with Crippen LogP contribution in [0, 0.1) is 6.20 Å². The second kappa shape index (κ2) is 2.21. The van der Waals surface area contributed by atoms with Crippen LogP contribution in [-0.4, -0.2) is 15.9 Å². The van der Waals surface area contributed by atoms with Gasteiger partial charge in [0.15, 0.2) is 0 Å². The van der Waals surface area contributed by atoms with E-state index in [4.69, 9.17) is 5.73 Å². The summed E-state index contributed by atoms with van der Waals surface area (Å²) in [7, 11) is 0. The number of carbonyl (C=O) groups is 1. The summed E-state index contributed by atoms with van der Waals surface area (Å²) in [5, 5.41) is 0. The molecule has 0 atom stereocenters. The molecule has 1 rings (SSSR count).